The average Bonchev–Trinajstić information content (AvgIpc) is 2.69. The van der Waals surface area contributed by atoms with Crippen LogP contribution in [0.3, 0.4) is 0 Å². The Kier molecular flexibility index (Phi) is 2.96. The molecule has 6 heteroatoms. The number of aryl methyl sites for hydroxylation is 1. The van der Waals surface area contributed by atoms with Crippen molar-refractivity contribution in [2.24, 2.45) is 0 Å². The summed E-state index contributed by atoms with van der Waals surface area (Å²) >= 11 is 3.30. The smallest absolute Gasteiger partial charge is 0.236 e. The molecule has 0 N–H and O–H groups in total. The molecule has 15 heavy (non-hydrogen) atoms. The monoisotopic (exact) mass is 268 g/mol. The van der Waals surface area contributed by atoms with Gasteiger partial charge in [-0.2, -0.15) is 5.10 Å². The predicted molar refractivity (Wildman–Crippen MR) is 57.7 cm³/mol. The SMILES string of the molecule is CCn1cc(Oc2ncncc2Br)cn1. The van der Waals surface area contributed by atoms with Crippen LogP contribution in [0, 0.1) is 0 Å². The summed E-state index contributed by atoms with van der Waals surface area (Å²) in [5.74, 6) is 1.15. The van der Waals surface area contributed by atoms with E-state index in [1.807, 2.05) is 13.1 Å². The Balaban J connectivity index is 2.18. The van der Waals surface area contributed by atoms with Gasteiger partial charge in [0.2, 0.25) is 5.88 Å². The Morgan fingerprint density at radius 1 is 1.47 bits per heavy atom. The maximum absolute atomic E-state index is 5.51. The minimum absolute atomic E-state index is 0.487. The van der Waals surface area contributed by atoms with Gasteiger partial charge in [0, 0.05) is 12.7 Å². The van der Waals surface area contributed by atoms with E-state index in [1.165, 1.54) is 6.33 Å². The first-order valence-electron chi connectivity index (χ1n) is 4.45. The molecule has 78 valence electrons. The van der Waals surface area contributed by atoms with Crippen LogP contribution >= 0.6 is 15.9 Å². The number of halogens is 1. The van der Waals surface area contributed by atoms with E-state index >= 15 is 0 Å². The lowest BCUT2D eigenvalue weighted by molar-refractivity contribution is 0.457. The molecule has 0 saturated carbocycles. The fraction of sp³-hybridized carbons (Fsp3) is 0.222. The van der Waals surface area contributed by atoms with E-state index in [-0.39, 0.29) is 0 Å². The van der Waals surface area contributed by atoms with Crippen LogP contribution in [-0.4, -0.2) is 19.7 Å². The fourth-order valence-electron chi connectivity index (χ4n) is 1.06. The van der Waals surface area contributed by atoms with E-state index in [9.17, 15) is 0 Å². The van der Waals surface area contributed by atoms with Gasteiger partial charge < -0.3 is 4.74 Å². The Morgan fingerprint density at radius 3 is 3.00 bits per heavy atom. The van der Waals surface area contributed by atoms with Crippen LogP contribution in [0.25, 0.3) is 0 Å². The topological polar surface area (TPSA) is 52.8 Å². The van der Waals surface area contributed by atoms with Gasteiger partial charge in [-0.1, -0.05) is 0 Å². The van der Waals surface area contributed by atoms with Gasteiger partial charge in [-0.25, -0.2) is 9.97 Å². The third-order valence-corrected chi connectivity index (χ3v) is 2.33. The standard InChI is InChI=1S/C9H9BrN4O/c1-2-14-5-7(3-13-14)15-9-8(10)4-11-6-12-9/h3-6H,2H2,1H3. The zero-order valence-corrected chi connectivity index (χ0v) is 9.68. The number of aromatic nitrogens is 4. The van der Waals surface area contributed by atoms with Crippen molar-refractivity contribution >= 4 is 15.9 Å². The van der Waals surface area contributed by atoms with E-state index < -0.39 is 0 Å². The van der Waals surface area contributed by atoms with Crippen molar-refractivity contribution in [1.82, 2.24) is 19.7 Å². The Hall–Kier alpha value is -1.43. The normalized spacial score (nSPS) is 10.3. The molecule has 0 radical (unpaired) electrons. The van der Waals surface area contributed by atoms with Crippen molar-refractivity contribution in [2.75, 3.05) is 0 Å². The Morgan fingerprint density at radius 2 is 2.33 bits per heavy atom. The van der Waals surface area contributed by atoms with Gasteiger partial charge in [-0.3, -0.25) is 4.68 Å². The molecule has 0 atom stereocenters. The zero-order chi connectivity index (χ0) is 10.7. The molecule has 0 fully saturated rings. The lowest BCUT2D eigenvalue weighted by atomic mass is 10.6. The molecule has 2 heterocycles. The Labute approximate surface area is 95.2 Å². The van der Waals surface area contributed by atoms with E-state index in [2.05, 4.69) is 31.0 Å². The first-order chi connectivity index (χ1) is 7.29. The second-order valence-corrected chi connectivity index (χ2v) is 3.66. The summed E-state index contributed by atoms with van der Waals surface area (Å²) in [5, 5.41) is 4.09. The summed E-state index contributed by atoms with van der Waals surface area (Å²) in [6.07, 6.45) is 6.53. The highest BCUT2D eigenvalue weighted by Crippen LogP contribution is 2.25. The van der Waals surface area contributed by atoms with E-state index in [0.717, 1.165) is 6.54 Å². The van der Waals surface area contributed by atoms with Crippen molar-refractivity contribution in [3.8, 4) is 11.6 Å². The number of ether oxygens (including phenoxy) is 1. The molecule has 0 aliphatic rings. The maximum atomic E-state index is 5.51. The molecule has 5 nitrogen and oxygen atoms in total. The van der Waals surface area contributed by atoms with Gasteiger partial charge in [-0.15, -0.1) is 0 Å². The first-order valence-corrected chi connectivity index (χ1v) is 5.24. The lowest BCUT2D eigenvalue weighted by Gasteiger charge is -2.01. The summed E-state index contributed by atoms with van der Waals surface area (Å²) in [6.45, 7) is 2.83. The first kappa shape index (κ1) is 10.1. The highest BCUT2D eigenvalue weighted by molar-refractivity contribution is 9.10. The molecule has 2 rings (SSSR count). The van der Waals surface area contributed by atoms with Crippen molar-refractivity contribution in [3.63, 3.8) is 0 Å². The molecule has 0 aliphatic carbocycles. The molecule has 0 aliphatic heterocycles. The quantitative estimate of drug-likeness (QED) is 0.857. The van der Waals surface area contributed by atoms with Crippen LogP contribution in [0.5, 0.6) is 11.6 Å². The molecule has 2 aromatic rings. The molecule has 0 spiro atoms. The van der Waals surface area contributed by atoms with E-state index in [0.29, 0.717) is 16.1 Å². The highest BCUT2D eigenvalue weighted by atomic mass is 79.9. The van der Waals surface area contributed by atoms with E-state index in [4.69, 9.17) is 4.74 Å². The maximum Gasteiger partial charge on any atom is 0.236 e. The summed E-state index contributed by atoms with van der Waals surface area (Å²) in [4.78, 5) is 7.84. The van der Waals surface area contributed by atoms with Crippen molar-refractivity contribution in [2.45, 2.75) is 13.5 Å². The third kappa shape index (κ3) is 2.33. The summed E-state index contributed by atoms with van der Waals surface area (Å²) in [7, 11) is 0. The third-order valence-electron chi connectivity index (χ3n) is 1.78. The largest absolute Gasteiger partial charge is 0.434 e. The number of hydrogen-bond acceptors (Lipinski definition) is 4. The number of rotatable bonds is 3. The van der Waals surface area contributed by atoms with Crippen molar-refractivity contribution < 1.29 is 4.74 Å². The number of nitrogens with zero attached hydrogens (tertiary/aromatic N) is 4. The van der Waals surface area contributed by atoms with Gasteiger partial charge in [0.1, 0.15) is 6.33 Å². The van der Waals surface area contributed by atoms with Gasteiger partial charge in [0.15, 0.2) is 5.75 Å². The zero-order valence-electron chi connectivity index (χ0n) is 8.09. The van der Waals surface area contributed by atoms with Crippen LogP contribution in [0.1, 0.15) is 6.92 Å². The van der Waals surface area contributed by atoms with Gasteiger partial charge in [0.25, 0.3) is 0 Å². The van der Waals surface area contributed by atoms with Crippen LogP contribution in [-0.2, 0) is 6.54 Å². The second kappa shape index (κ2) is 4.39. The molecule has 2 aromatic heterocycles. The molecule has 0 bridgehead atoms. The van der Waals surface area contributed by atoms with Crippen LogP contribution < -0.4 is 4.74 Å². The summed E-state index contributed by atoms with van der Waals surface area (Å²) in [5.41, 5.74) is 0. The summed E-state index contributed by atoms with van der Waals surface area (Å²) < 4.78 is 8.01. The highest BCUT2D eigenvalue weighted by Gasteiger charge is 2.05. The Bertz CT molecular complexity index is 457. The van der Waals surface area contributed by atoms with Crippen molar-refractivity contribution in [3.05, 3.63) is 29.4 Å². The average molecular weight is 269 g/mol. The molecule has 0 unspecified atom stereocenters. The predicted octanol–water partition coefficient (Wildman–Crippen LogP) is 2.25. The minimum atomic E-state index is 0.487. The molecule has 0 amide bonds. The van der Waals surface area contributed by atoms with Gasteiger partial charge >= 0.3 is 0 Å². The van der Waals surface area contributed by atoms with Crippen LogP contribution in [0.15, 0.2) is 29.4 Å². The fourth-order valence-corrected chi connectivity index (χ4v) is 1.36. The summed E-state index contributed by atoms with van der Waals surface area (Å²) in [6, 6.07) is 0. The molecular formula is C9H9BrN4O. The minimum Gasteiger partial charge on any atom is -0.434 e. The van der Waals surface area contributed by atoms with Crippen LogP contribution in [0.4, 0.5) is 0 Å². The molecular weight excluding hydrogens is 260 g/mol. The van der Waals surface area contributed by atoms with E-state index in [1.54, 1.807) is 17.1 Å². The lowest BCUT2D eigenvalue weighted by Crippen LogP contribution is -1.92. The van der Waals surface area contributed by atoms with Crippen molar-refractivity contribution in [1.29, 1.82) is 0 Å². The number of hydrogen-bond donors (Lipinski definition) is 0. The molecule has 0 saturated heterocycles. The second-order valence-electron chi connectivity index (χ2n) is 2.81. The van der Waals surface area contributed by atoms with Gasteiger partial charge in [0.05, 0.1) is 16.9 Å². The molecule has 0 aromatic carbocycles. The van der Waals surface area contributed by atoms with Gasteiger partial charge in [-0.05, 0) is 22.9 Å². The van der Waals surface area contributed by atoms with Crippen LogP contribution in [0.2, 0.25) is 0 Å².